The molecular weight excluding hydrogens is 364 g/mol. The smallest absolute Gasteiger partial charge is 0.141 e. The normalized spacial score (nSPS) is 17.5. The molecule has 5 rings (SSSR count). The zero-order chi connectivity index (χ0) is 19.6. The number of ether oxygens (including phenoxy) is 1. The Hall–Kier alpha value is -2.70. The Kier molecular flexibility index (Phi) is 5.04. The maximum absolute atomic E-state index is 12.1. The lowest BCUT2D eigenvalue weighted by molar-refractivity contribution is -0.119. The van der Waals surface area contributed by atoms with Crippen molar-refractivity contribution in [3.05, 3.63) is 54.2 Å². The van der Waals surface area contributed by atoms with Gasteiger partial charge in [0.2, 0.25) is 0 Å². The fourth-order valence-corrected chi connectivity index (χ4v) is 3.81. The summed E-state index contributed by atoms with van der Waals surface area (Å²) in [5.74, 6) is 0.568. The van der Waals surface area contributed by atoms with Crippen LogP contribution >= 0.6 is 0 Å². The molecule has 0 bridgehead atoms. The third-order valence-corrected chi connectivity index (χ3v) is 5.65. The number of pyridine rings is 3. The van der Waals surface area contributed by atoms with E-state index in [0.29, 0.717) is 12.2 Å². The van der Waals surface area contributed by atoms with Crippen molar-refractivity contribution in [2.45, 2.75) is 25.8 Å². The summed E-state index contributed by atoms with van der Waals surface area (Å²) in [6.07, 6.45) is 9.93. The molecule has 1 aliphatic carbocycles. The lowest BCUT2D eigenvalue weighted by Gasteiger charge is -2.26. The number of ketones is 1. The third-order valence-electron chi connectivity index (χ3n) is 5.65. The zero-order valence-corrected chi connectivity index (χ0v) is 16.4. The second kappa shape index (κ2) is 7.97. The van der Waals surface area contributed by atoms with E-state index < -0.39 is 0 Å². The van der Waals surface area contributed by atoms with Crippen LogP contribution in [0.3, 0.4) is 0 Å². The summed E-state index contributed by atoms with van der Waals surface area (Å²) >= 11 is 0. The Balaban J connectivity index is 1.38. The van der Waals surface area contributed by atoms with Crippen LogP contribution in [0.2, 0.25) is 0 Å². The highest BCUT2D eigenvalue weighted by Gasteiger charge is 2.29. The molecule has 6 heteroatoms. The van der Waals surface area contributed by atoms with Gasteiger partial charge in [-0.05, 0) is 36.6 Å². The third kappa shape index (κ3) is 4.33. The van der Waals surface area contributed by atoms with Gasteiger partial charge >= 0.3 is 0 Å². The molecule has 3 aromatic rings. The van der Waals surface area contributed by atoms with E-state index >= 15 is 0 Å². The van der Waals surface area contributed by atoms with Gasteiger partial charge in [0.25, 0.3) is 0 Å². The number of hydrogen-bond donors (Lipinski definition) is 0. The summed E-state index contributed by atoms with van der Waals surface area (Å²) in [4.78, 5) is 28.0. The number of hydrogen-bond acceptors (Lipinski definition) is 6. The fraction of sp³-hybridized carbons (Fsp3) is 0.391. The van der Waals surface area contributed by atoms with E-state index in [9.17, 15) is 4.79 Å². The molecule has 1 saturated carbocycles. The summed E-state index contributed by atoms with van der Waals surface area (Å²) in [5, 5.41) is 1.01. The molecule has 1 aliphatic heterocycles. The van der Waals surface area contributed by atoms with E-state index in [4.69, 9.17) is 4.74 Å². The predicted molar refractivity (Wildman–Crippen MR) is 110 cm³/mol. The number of nitrogens with zero attached hydrogens (tertiary/aromatic N) is 4. The minimum Gasteiger partial charge on any atom is -0.379 e. The minimum absolute atomic E-state index is 0.261. The number of aromatic nitrogens is 3. The van der Waals surface area contributed by atoms with E-state index in [1.54, 1.807) is 6.20 Å². The van der Waals surface area contributed by atoms with Crippen LogP contribution < -0.4 is 0 Å². The van der Waals surface area contributed by atoms with Crippen molar-refractivity contribution in [2.75, 3.05) is 26.3 Å². The van der Waals surface area contributed by atoms with Crippen LogP contribution in [0, 0.1) is 5.92 Å². The van der Waals surface area contributed by atoms with Crippen LogP contribution in [0.1, 0.15) is 24.1 Å². The molecule has 0 atom stereocenters. The molecule has 0 radical (unpaired) electrons. The van der Waals surface area contributed by atoms with Crippen molar-refractivity contribution in [3.8, 4) is 11.1 Å². The van der Waals surface area contributed by atoms with Gasteiger partial charge in [0, 0.05) is 72.8 Å². The first kappa shape index (κ1) is 18.3. The van der Waals surface area contributed by atoms with Crippen LogP contribution in [0.5, 0.6) is 0 Å². The maximum atomic E-state index is 12.1. The molecule has 29 heavy (non-hydrogen) atoms. The van der Waals surface area contributed by atoms with Crippen LogP contribution in [0.4, 0.5) is 0 Å². The highest BCUT2D eigenvalue weighted by molar-refractivity contribution is 5.87. The van der Waals surface area contributed by atoms with Gasteiger partial charge in [0.05, 0.1) is 24.9 Å². The highest BCUT2D eigenvalue weighted by atomic mass is 16.5. The molecule has 0 unspecified atom stereocenters. The number of fused-ring (bicyclic) bond motifs is 1. The molecule has 148 valence electrons. The first-order valence-electron chi connectivity index (χ1n) is 10.3. The minimum atomic E-state index is 0.261. The lowest BCUT2D eigenvalue weighted by atomic mass is 10.0. The van der Waals surface area contributed by atoms with Crippen molar-refractivity contribution >= 4 is 16.7 Å². The molecule has 1 saturated heterocycles. The summed E-state index contributed by atoms with van der Waals surface area (Å²) in [6.45, 7) is 4.37. The molecule has 0 amide bonds. The molecule has 2 aliphatic rings. The zero-order valence-electron chi connectivity index (χ0n) is 16.4. The van der Waals surface area contributed by atoms with Gasteiger partial charge in [-0.3, -0.25) is 24.6 Å². The van der Waals surface area contributed by atoms with Crippen molar-refractivity contribution in [3.63, 3.8) is 0 Å². The fourth-order valence-electron chi connectivity index (χ4n) is 3.81. The number of rotatable bonds is 6. The Bertz CT molecular complexity index is 1040. The average molecular weight is 388 g/mol. The van der Waals surface area contributed by atoms with Gasteiger partial charge in [-0.15, -0.1) is 0 Å². The molecule has 4 heterocycles. The largest absolute Gasteiger partial charge is 0.379 e. The van der Waals surface area contributed by atoms with Crippen LogP contribution in [0.25, 0.3) is 22.0 Å². The summed E-state index contributed by atoms with van der Waals surface area (Å²) in [6, 6.07) is 6.30. The van der Waals surface area contributed by atoms with E-state index in [-0.39, 0.29) is 5.92 Å². The average Bonchev–Trinajstić information content (AvgIpc) is 3.60. The number of carbonyl (C=O) groups excluding carboxylic acids is 1. The molecule has 0 aromatic carbocycles. The second-order valence-electron chi connectivity index (χ2n) is 7.98. The summed E-state index contributed by atoms with van der Waals surface area (Å²) in [7, 11) is 0. The Labute approximate surface area is 170 Å². The van der Waals surface area contributed by atoms with Gasteiger partial charge in [0.15, 0.2) is 0 Å². The summed E-state index contributed by atoms with van der Waals surface area (Å²) in [5.41, 5.74) is 4.94. The number of carbonyl (C=O) groups is 1. The molecular formula is C23H24N4O2. The topological polar surface area (TPSA) is 68.2 Å². The van der Waals surface area contributed by atoms with Crippen LogP contribution in [0.15, 0.2) is 43.0 Å². The van der Waals surface area contributed by atoms with E-state index in [1.807, 2.05) is 24.7 Å². The monoisotopic (exact) mass is 388 g/mol. The SMILES string of the molecule is O=C(Cc1cc2cc(-c3cncc(CN4CCOCC4)c3)cnc2cn1)C1CC1. The molecule has 3 aromatic heterocycles. The first-order valence-corrected chi connectivity index (χ1v) is 10.3. The second-order valence-corrected chi connectivity index (χ2v) is 7.98. The molecule has 6 nitrogen and oxygen atoms in total. The summed E-state index contributed by atoms with van der Waals surface area (Å²) < 4.78 is 5.43. The number of morpholine rings is 1. The molecule has 2 fully saturated rings. The van der Waals surface area contributed by atoms with Gasteiger partial charge < -0.3 is 4.74 Å². The predicted octanol–water partition coefficient (Wildman–Crippen LogP) is 3.05. The van der Waals surface area contributed by atoms with Gasteiger partial charge in [-0.2, -0.15) is 0 Å². The van der Waals surface area contributed by atoms with Crippen molar-refractivity contribution in [1.82, 2.24) is 19.9 Å². The quantitative estimate of drug-likeness (QED) is 0.647. The molecule has 0 N–H and O–H groups in total. The Morgan fingerprint density at radius 3 is 2.66 bits per heavy atom. The highest BCUT2D eigenvalue weighted by Crippen LogP contribution is 2.31. The maximum Gasteiger partial charge on any atom is 0.141 e. The molecule has 0 spiro atoms. The van der Waals surface area contributed by atoms with E-state index in [0.717, 1.165) is 73.4 Å². The van der Waals surface area contributed by atoms with Crippen molar-refractivity contribution in [2.24, 2.45) is 5.92 Å². The standard InChI is InChI=1S/C23H24N4O2/c28-23(17-1-2-17)10-21-9-18-8-20(13-26-22(18)14-25-21)19-7-16(11-24-12-19)15-27-3-5-29-6-4-27/h7-9,11-14,17H,1-6,10,15H2. The van der Waals surface area contributed by atoms with E-state index in [2.05, 4.69) is 32.0 Å². The van der Waals surface area contributed by atoms with Gasteiger partial charge in [-0.25, -0.2) is 0 Å². The van der Waals surface area contributed by atoms with Crippen molar-refractivity contribution in [1.29, 1.82) is 0 Å². The number of Topliss-reactive ketones (excluding diaryl/α,β-unsaturated/α-hetero) is 1. The van der Waals surface area contributed by atoms with Crippen LogP contribution in [-0.2, 0) is 22.5 Å². The van der Waals surface area contributed by atoms with Gasteiger partial charge in [0.1, 0.15) is 5.78 Å². The Morgan fingerprint density at radius 2 is 1.83 bits per heavy atom. The van der Waals surface area contributed by atoms with Crippen LogP contribution in [-0.4, -0.2) is 51.9 Å². The van der Waals surface area contributed by atoms with Crippen molar-refractivity contribution < 1.29 is 9.53 Å². The first-order chi connectivity index (χ1) is 14.2. The van der Waals surface area contributed by atoms with E-state index in [1.165, 1.54) is 5.56 Å². The lowest BCUT2D eigenvalue weighted by Crippen LogP contribution is -2.35. The Morgan fingerprint density at radius 1 is 1.00 bits per heavy atom. The van der Waals surface area contributed by atoms with Gasteiger partial charge in [-0.1, -0.05) is 0 Å².